The van der Waals surface area contributed by atoms with Crippen LogP contribution < -0.4 is 10.6 Å². The zero-order valence-electron chi connectivity index (χ0n) is 16.6. The third kappa shape index (κ3) is 6.75. The molecule has 28 heavy (non-hydrogen) atoms. The van der Waals surface area contributed by atoms with Gasteiger partial charge in [-0.1, -0.05) is 24.3 Å². The number of aliphatic hydroxyl groups is 1. The number of likely N-dealkylation sites (tertiary alicyclic amines) is 1. The molecule has 1 saturated heterocycles. The van der Waals surface area contributed by atoms with Crippen molar-refractivity contribution in [1.82, 2.24) is 25.3 Å². The van der Waals surface area contributed by atoms with Crippen LogP contribution in [0.15, 0.2) is 41.5 Å². The number of aryl methyl sites for hydroxylation is 1. The molecule has 3 N–H and O–H groups in total. The van der Waals surface area contributed by atoms with Crippen LogP contribution in [0.4, 0.5) is 0 Å². The first kappa shape index (κ1) is 22.6. The van der Waals surface area contributed by atoms with Crippen molar-refractivity contribution in [3.63, 3.8) is 0 Å². The van der Waals surface area contributed by atoms with Gasteiger partial charge < -0.3 is 15.7 Å². The highest BCUT2D eigenvalue weighted by Gasteiger charge is 2.16. The van der Waals surface area contributed by atoms with E-state index in [4.69, 9.17) is 0 Å². The standard InChI is InChI=1S/C20H30N6O.HI/c1-21-20(23-14-18-7-10-24-25(18)2)22-13-16-3-5-17(6-4-16)15-26-11-8-19(27)9-12-26;/h3-7,10,19,27H,8-9,11-15H2,1-2H3,(H2,21,22,23);1H. The van der Waals surface area contributed by atoms with Crippen LogP contribution >= 0.6 is 24.0 Å². The Bertz CT molecular complexity index is 737. The van der Waals surface area contributed by atoms with Gasteiger partial charge in [-0.2, -0.15) is 5.10 Å². The maximum Gasteiger partial charge on any atom is 0.191 e. The molecule has 0 atom stereocenters. The van der Waals surface area contributed by atoms with Gasteiger partial charge in [-0.25, -0.2) is 0 Å². The average molecular weight is 498 g/mol. The minimum Gasteiger partial charge on any atom is -0.393 e. The maximum atomic E-state index is 9.61. The number of piperidine rings is 1. The van der Waals surface area contributed by atoms with Gasteiger partial charge in [0.15, 0.2) is 5.96 Å². The lowest BCUT2D eigenvalue weighted by Crippen LogP contribution is -2.36. The first-order valence-corrected chi connectivity index (χ1v) is 9.53. The summed E-state index contributed by atoms with van der Waals surface area (Å²) in [6.07, 6.45) is 3.44. The van der Waals surface area contributed by atoms with Crippen molar-refractivity contribution >= 4 is 29.9 Å². The van der Waals surface area contributed by atoms with Crippen LogP contribution in [0.2, 0.25) is 0 Å². The number of guanidine groups is 1. The summed E-state index contributed by atoms with van der Waals surface area (Å²) < 4.78 is 1.85. The van der Waals surface area contributed by atoms with Crippen LogP contribution in [0.5, 0.6) is 0 Å². The number of benzene rings is 1. The summed E-state index contributed by atoms with van der Waals surface area (Å²) in [6, 6.07) is 10.7. The number of rotatable bonds is 6. The second kappa shape index (κ2) is 11.4. The van der Waals surface area contributed by atoms with E-state index in [-0.39, 0.29) is 30.1 Å². The summed E-state index contributed by atoms with van der Waals surface area (Å²) in [5.74, 6) is 0.771. The number of nitrogens with zero attached hydrogens (tertiary/aromatic N) is 4. The molecule has 0 spiro atoms. The molecule has 0 amide bonds. The predicted octanol–water partition coefficient (Wildman–Crippen LogP) is 1.86. The highest BCUT2D eigenvalue weighted by molar-refractivity contribution is 14.0. The Hall–Kier alpha value is -1.65. The number of aliphatic hydroxyl groups excluding tert-OH is 1. The molecule has 0 saturated carbocycles. The molecule has 0 aliphatic carbocycles. The number of nitrogens with one attached hydrogen (secondary N) is 2. The van der Waals surface area contributed by atoms with Crippen LogP contribution in [0.25, 0.3) is 0 Å². The summed E-state index contributed by atoms with van der Waals surface area (Å²) >= 11 is 0. The van der Waals surface area contributed by atoms with E-state index < -0.39 is 0 Å². The highest BCUT2D eigenvalue weighted by Crippen LogP contribution is 2.14. The van der Waals surface area contributed by atoms with E-state index in [1.54, 1.807) is 13.2 Å². The van der Waals surface area contributed by atoms with Crippen molar-refractivity contribution in [3.05, 3.63) is 53.3 Å². The van der Waals surface area contributed by atoms with Crippen molar-refractivity contribution in [3.8, 4) is 0 Å². The van der Waals surface area contributed by atoms with Gasteiger partial charge in [0.2, 0.25) is 0 Å². The van der Waals surface area contributed by atoms with Crippen molar-refractivity contribution in [2.24, 2.45) is 12.0 Å². The lowest BCUT2D eigenvalue weighted by atomic mass is 10.1. The second-order valence-electron chi connectivity index (χ2n) is 7.05. The normalized spacial score (nSPS) is 15.9. The van der Waals surface area contributed by atoms with E-state index in [0.717, 1.165) is 50.7 Å². The Labute approximate surface area is 184 Å². The summed E-state index contributed by atoms with van der Waals surface area (Å²) in [6.45, 7) is 4.31. The first-order chi connectivity index (χ1) is 13.1. The molecule has 2 aromatic rings. The number of aliphatic imine (C=N–C) groups is 1. The minimum atomic E-state index is -0.115. The first-order valence-electron chi connectivity index (χ1n) is 9.53. The zero-order valence-corrected chi connectivity index (χ0v) is 19.0. The van der Waals surface area contributed by atoms with E-state index in [9.17, 15) is 5.11 Å². The Balaban J connectivity index is 0.00000280. The SMILES string of the molecule is CN=C(NCc1ccc(CN2CCC(O)CC2)cc1)NCc1ccnn1C.I. The lowest BCUT2D eigenvalue weighted by Gasteiger charge is -2.29. The van der Waals surface area contributed by atoms with Crippen molar-refractivity contribution in [2.75, 3.05) is 20.1 Å². The van der Waals surface area contributed by atoms with E-state index in [1.165, 1.54) is 11.1 Å². The van der Waals surface area contributed by atoms with Crippen LogP contribution in [0.3, 0.4) is 0 Å². The molecule has 7 nitrogen and oxygen atoms in total. The Morgan fingerprint density at radius 2 is 1.75 bits per heavy atom. The van der Waals surface area contributed by atoms with Crippen LogP contribution in [0, 0.1) is 0 Å². The quantitative estimate of drug-likeness (QED) is 0.322. The van der Waals surface area contributed by atoms with E-state index in [0.29, 0.717) is 6.54 Å². The fourth-order valence-corrected chi connectivity index (χ4v) is 3.25. The number of halogens is 1. The fourth-order valence-electron chi connectivity index (χ4n) is 3.25. The highest BCUT2D eigenvalue weighted by atomic mass is 127. The van der Waals surface area contributed by atoms with Crippen molar-refractivity contribution < 1.29 is 5.11 Å². The molecule has 0 unspecified atom stereocenters. The number of aromatic nitrogens is 2. The largest absolute Gasteiger partial charge is 0.393 e. The predicted molar refractivity (Wildman–Crippen MR) is 123 cm³/mol. The Morgan fingerprint density at radius 1 is 1.11 bits per heavy atom. The molecule has 0 bridgehead atoms. The van der Waals surface area contributed by atoms with Gasteiger partial charge in [-0.3, -0.25) is 14.6 Å². The zero-order chi connectivity index (χ0) is 19.1. The van der Waals surface area contributed by atoms with Crippen molar-refractivity contribution in [1.29, 1.82) is 0 Å². The molecule has 1 aromatic carbocycles. The van der Waals surface area contributed by atoms with E-state index >= 15 is 0 Å². The molecule has 2 heterocycles. The van der Waals surface area contributed by atoms with Gasteiger partial charge in [0, 0.05) is 46.5 Å². The van der Waals surface area contributed by atoms with Gasteiger partial charge in [0.05, 0.1) is 18.3 Å². The third-order valence-corrected chi connectivity index (χ3v) is 5.03. The molecular formula is C20H31IN6O. The van der Waals surface area contributed by atoms with Gasteiger partial charge >= 0.3 is 0 Å². The summed E-state index contributed by atoms with van der Waals surface area (Å²) in [4.78, 5) is 6.68. The third-order valence-electron chi connectivity index (χ3n) is 5.03. The average Bonchev–Trinajstić information content (AvgIpc) is 3.10. The summed E-state index contributed by atoms with van der Waals surface area (Å²) in [7, 11) is 3.71. The monoisotopic (exact) mass is 498 g/mol. The van der Waals surface area contributed by atoms with Crippen LogP contribution in [-0.4, -0.2) is 52.0 Å². The lowest BCUT2D eigenvalue weighted by molar-refractivity contribution is 0.0792. The van der Waals surface area contributed by atoms with Gasteiger partial charge in [-0.15, -0.1) is 24.0 Å². The maximum absolute atomic E-state index is 9.61. The summed E-state index contributed by atoms with van der Waals surface area (Å²) in [5.41, 5.74) is 3.64. The molecule has 1 aromatic heterocycles. The molecule has 1 aliphatic heterocycles. The molecule has 0 radical (unpaired) electrons. The van der Waals surface area contributed by atoms with E-state index in [2.05, 4.69) is 49.9 Å². The second-order valence-corrected chi connectivity index (χ2v) is 7.05. The Morgan fingerprint density at radius 3 is 2.36 bits per heavy atom. The van der Waals surface area contributed by atoms with Gasteiger partial charge in [0.25, 0.3) is 0 Å². The fraction of sp³-hybridized carbons (Fsp3) is 0.500. The van der Waals surface area contributed by atoms with Gasteiger partial charge in [-0.05, 0) is 30.0 Å². The molecule has 1 aliphatic rings. The molecule has 1 fully saturated rings. The number of hydrogen-bond acceptors (Lipinski definition) is 4. The molecular weight excluding hydrogens is 467 g/mol. The topological polar surface area (TPSA) is 77.7 Å². The molecule has 154 valence electrons. The smallest absolute Gasteiger partial charge is 0.191 e. The van der Waals surface area contributed by atoms with Crippen molar-refractivity contribution in [2.45, 2.75) is 38.6 Å². The van der Waals surface area contributed by atoms with E-state index in [1.807, 2.05) is 17.8 Å². The molecule has 3 rings (SSSR count). The minimum absolute atomic E-state index is 0. The van der Waals surface area contributed by atoms with Crippen LogP contribution in [0.1, 0.15) is 29.7 Å². The Kier molecular flexibility index (Phi) is 9.20. The van der Waals surface area contributed by atoms with Crippen LogP contribution in [-0.2, 0) is 26.7 Å². The van der Waals surface area contributed by atoms with Gasteiger partial charge in [0.1, 0.15) is 0 Å². The number of hydrogen-bond donors (Lipinski definition) is 3. The molecule has 8 heteroatoms. The summed E-state index contributed by atoms with van der Waals surface area (Å²) in [5, 5.41) is 20.4.